The Balaban J connectivity index is 2.23. The third-order valence-electron chi connectivity index (χ3n) is 3.51. The Morgan fingerprint density at radius 2 is 2.00 bits per heavy atom. The van der Waals surface area contributed by atoms with Gasteiger partial charge in [-0.25, -0.2) is 8.78 Å². The van der Waals surface area contributed by atoms with E-state index >= 15 is 0 Å². The van der Waals surface area contributed by atoms with Crippen LogP contribution in [0.5, 0.6) is 0 Å². The molecule has 1 aliphatic carbocycles. The van der Waals surface area contributed by atoms with Crippen molar-refractivity contribution in [2.45, 2.75) is 38.0 Å². The molecule has 0 aromatic heterocycles. The average Bonchev–Trinajstić information content (AvgIpc) is 2.60. The van der Waals surface area contributed by atoms with Crippen LogP contribution >= 0.6 is 0 Å². The first kappa shape index (κ1) is 12.2. The Bertz CT molecular complexity index is 400. The number of ketones is 1. The third-order valence-corrected chi connectivity index (χ3v) is 3.51. The van der Waals surface area contributed by atoms with Crippen molar-refractivity contribution >= 4 is 5.78 Å². The molecule has 1 aromatic rings. The van der Waals surface area contributed by atoms with E-state index in [9.17, 15) is 13.6 Å². The molecule has 3 heteroatoms. The first-order chi connectivity index (χ1) is 7.99. The molecule has 1 saturated carbocycles. The van der Waals surface area contributed by atoms with Crippen molar-refractivity contribution in [2.75, 3.05) is 0 Å². The van der Waals surface area contributed by atoms with E-state index in [1.807, 2.05) is 30.3 Å². The zero-order valence-electron chi connectivity index (χ0n) is 9.83. The molecule has 17 heavy (non-hydrogen) atoms. The number of halogens is 2. The highest BCUT2D eigenvalue weighted by Gasteiger charge is 2.43. The summed E-state index contributed by atoms with van der Waals surface area (Å²) >= 11 is 0. The molecule has 1 aromatic carbocycles. The summed E-state index contributed by atoms with van der Waals surface area (Å²) in [6.07, 6.45) is 0.187. The van der Waals surface area contributed by atoms with Gasteiger partial charge in [-0.3, -0.25) is 4.79 Å². The van der Waals surface area contributed by atoms with Gasteiger partial charge in [-0.1, -0.05) is 30.3 Å². The zero-order chi connectivity index (χ0) is 12.5. The molecule has 1 aliphatic rings. The topological polar surface area (TPSA) is 17.1 Å². The Morgan fingerprint density at radius 1 is 1.35 bits per heavy atom. The maximum atomic E-state index is 13.2. The minimum atomic E-state index is -2.59. The Labute approximate surface area is 99.8 Å². The van der Waals surface area contributed by atoms with Gasteiger partial charge in [-0.05, 0) is 24.8 Å². The van der Waals surface area contributed by atoms with E-state index in [1.165, 1.54) is 6.92 Å². The molecule has 0 bridgehead atoms. The molecule has 0 spiro atoms. The van der Waals surface area contributed by atoms with E-state index in [1.54, 1.807) is 0 Å². The van der Waals surface area contributed by atoms with Crippen molar-refractivity contribution in [3.63, 3.8) is 0 Å². The molecule has 0 heterocycles. The van der Waals surface area contributed by atoms with Crippen LogP contribution in [0, 0.1) is 5.92 Å². The van der Waals surface area contributed by atoms with Crippen molar-refractivity contribution in [1.82, 2.24) is 0 Å². The van der Waals surface area contributed by atoms with Gasteiger partial charge in [0.05, 0.1) is 0 Å². The predicted molar refractivity (Wildman–Crippen MR) is 62.2 cm³/mol. The van der Waals surface area contributed by atoms with Crippen LogP contribution in [0.4, 0.5) is 8.78 Å². The van der Waals surface area contributed by atoms with Gasteiger partial charge in [0, 0.05) is 18.8 Å². The SMILES string of the molecule is CC(=O)C(c1ccccc1)C1CCC(F)(F)C1. The van der Waals surface area contributed by atoms with Gasteiger partial charge in [-0.15, -0.1) is 0 Å². The number of Topliss-reactive ketones (excluding diaryl/α,β-unsaturated/α-hetero) is 1. The Morgan fingerprint density at radius 3 is 2.47 bits per heavy atom. The van der Waals surface area contributed by atoms with Gasteiger partial charge in [0.1, 0.15) is 5.78 Å². The third kappa shape index (κ3) is 2.71. The lowest BCUT2D eigenvalue weighted by molar-refractivity contribution is -0.119. The van der Waals surface area contributed by atoms with Gasteiger partial charge in [0.15, 0.2) is 0 Å². The van der Waals surface area contributed by atoms with Crippen molar-refractivity contribution in [1.29, 1.82) is 0 Å². The maximum Gasteiger partial charge on any atom is 0.248 e. The second-order valence-corrected chi connectivity index (χ2v) is 4.86. The van der Waals surface area contributed by atoms with Crippen LogP contribution in [0.2, 0.25) is 0 Å². The molecular weight excluding hydrogens is 222 g/mol. The summed E-state index contributed by atoms with van der Waals surface area (Å²) < 4.78 is 26.4. The van der Waals surface area contributed by atoms with Crippen molar-refractivity contribution in [2.24, 2.45) is 5.92 Å². The van der Waals surface area contributed by atoms with E-state index < -0.39 is 5.92 Å². The van der Waals surface area contributed by atoms with Crippen molar-refractivity contribution in [3.8, 4) is 0 Å². The summed E-state index contributed by atoms with van der Waals surface area (Å²) in [5, 5.41) is 0. The van der Waals surface area contributed by atoms with Crippen LogP contribution < -0.4 is 0 Å². The first-order valence-electron chi connectivity index (χ1n) is 5.93. The zero-order valence-corrected chi connectivity index (χ0v) is 9.83. The van der Waals surface area contributed by atoms with Gasteiger partial charge in [-0.2, -0.15) is 0 Å². The molecule has 2 unspecified atom stereocenters. The summed E-state index contributed by atoms with van der Waals surface area (Å²) in [6, 6.07) is 9.26. The number of alkyl halides is 2. The average molecular weight is 238 g/mol. The predicted octanol–water partition coefficient (Wildman–Crippen LogP) is 3.79. The van der Waals surface area contributed by atoms with Crippen molar-refractivity contribution in [3.05, 3.63) is 35.9 Å². The number of carbonyl (C=O) groups is 1. The molecule has 0 N–H and O–H groups in total. The lowest BCUT2D eigenvalue weighted by Gasteiger charge is -2.21. The first-order valence-corrected chi connectivity index (χ1v) is 5.93. The molecule has 1 nitrogen and oxygen atoms in total. The highest BCUT2D eigenvalue weighted by molar-refractivity contribution is 5.83. The summed E-state index contributed by atoms with van der Waals surface area (Å²) in [6.45, 7) is 1.49. The Kier molecular flexibility index (Phi) is 3.27. The molecule has 1 fully saturated rings. The van der Waals surface area contributed by atoms with Crippen molar-refractivity contribution < 1.29 is 13.6 Å². The number of hydrogen-bond acceptors (Lipinski definition) is 1. The number of rotatable bonds is 3. The largest absolute Gasteiger partial charge is 0.299 e. The van der Waals surface area contributed by atoms with Gasteiger partial charge < -0.3 is 0 Å². The quantitative estimate of drug-likeness (QED) is 0.782. The maximum absolute atomic E-state index is 13.2. The fourth-order valence-corrected chi connectivity index (χ4v) is 2.77. The van der Waals surface area contributed by atoms with Crippen LogP contribution in [-0.2, 0) is 4.79 Å². The molecule has 0 aliphatic heterocycles. The second-order valence-electron chi connectivity index (χ2n) is 4.86. The molecule has 92 valence electrons. The number of carbonyl (C=O) groups excluding carboxylic acids is 1. The van der Waals surface area contributed by atoms with E-state index in [0.29, 0.717) is 6.42 Å². The summed E-state index contributed by atoms with van der Waals surface area (Å²) in [5.74, 6) is -3.19. The molecular formula is C14H16F2O. The normalized spacial score (nSPS) is 24.5. The van der Waals surface area contributed by atoms with Crippen LogP contribution in [-0.4, -0.2) is 11.7 Å². The number of benzene rings is 1. The summed E-state index contributed by atoms with van der Waals surface area (Å²) in [7, 11) is 0. The van der Waals surface area contributed by atoms with Crippen LogP contribution in [0.3, 0.4) is 0 Å². The molecule has 0 saturated heterocycles. The smallest absolute Gasteiger partial charge is 0.248 e. The summed E-state index contributed by atoms with van der Waals surface area (Å²) in [5.41, 5.74) is 0.864. The van der Waals surface area contributed by atoms with E-state index in [2.05, 4.69) is 0 Å². The van der Waals surface area contributed by atoms with E-state index in [-0.39, 0.29) is 30.5 Å². The highest BCUT2D eigenvalue weighted by Crippen LogP contribution is 2.45. The molecule has 0 amide bonds. The van der Waals surface area contributed by atoms with E-state index in [4.69, 9.17) is 0 Å². The Hall–Kier alpha value is -1.25. The minimum Gasteiger partial charge on any atom is -0.299 e. The van der Waals surface area contributed by atoms with Crippen LogP contribution in [0.25, 0.3) is 0 Å². The fraction of sp³-hybridized carbons (Fsp3) is 0.500. The lowest BCUT2D eigenvalue weighted by atomic mass is 9.82. The van der Waals surface area contributed by atoms with Crippen LogP contribution in [0.15, 0.2) is 30.3 Å². The molecule has 2 rings (SSSR count). The fourth-order valence-electron chi connectivity index (χ4n) is 2.77. The van der Waals surface area contributed by atoms with Gasteiger partial charge >= 0.3 is 0 Å². The van der Waals surface area contributed by atoms with Gasteiger partial charge in [0.25, 0.3) is 0 Å². The minimum absolute atomic E-state index is 0.0149. The van der Waals surface area contributed by atoms with Gasteiger partial charge in [0.2, 0.25) is 5.92 Å². The van der Waals surface area contributed by atoms with Crippen LogP contribution in [0.1, 0.15) is 37.7 Å². The number of hydrogen-bond donors (Lipinski definition) is 0. The highest BCUT2D eigenvalue weighted by atomic mass is 19.3. The molecule has 0 radical (unpaired) electrons. The standard InChI is InChI=1S/C14H16F2O/c1-10(17)13(11-5-3-2-4-6-11)12-7-8-14(15,16)9-12/h2-6,12-13H,7-9H2,1H3. The van der Waals surface area contributed by atoms with E-state index in [0.717, 1.165) is 5.56 Å². The molecule has 2 atom stereocenters. The monoisotopic (exact) mass is 238 g/mol. The second kappa shape index (κ2) is 4.55. The lowest BCUT2D eigenvalue weighted by Crippen LogP contribution is -2.20. The summed E-state index contributed by atoms with van der Waals surface area (Å²) in [4.78, 5) is 11.7.